The van der Waals surface area contributed by atoms with E-state index in [2.05, 4.69) is 46.3 Å². The molecule has 0 unspecified atom stereocenters. The van der Waals surface area contributed by atoms with Crippen LogP contribution in [0.25, 0.3) is 21.0 Å². The molecule has 0 aliphatic carbocycles. The highest BCUT2D eigenvalue weighted by Crippen LogP contribution is 2.32. The molecule has 0 amide bonds. The molecule has 2 aromatic carbocycles. The SMILES string of the molecule is COC(=O)C1CN(Cc2ccc(-c3ncc(-c4ccccc4)s3)cc2)C1. The summed E-state index contributed by atoms with van der Waals surface area (Å²) in [5, 5.41) is 1.03. The molecule has 5 heteroatoms. The van der Waals surface area contributed by atoms with Crippen LogP contribution in [0.15, 0.2) is 60.8 Å². The van der Waals surface area contributed by atoms with Crippen molar-refractivity contribution in [3.63, 3.8) is 0 Å². The van der Waals surface area contributed by atoms with Gasteiger partial charge in [0.15, 0.2) is 0 Å². The van der Waals surface area contributed by atoms with Gasteiger partial charge in [0.05, 0.1) is 17.9 Å². The largest absolute Gasteiger partial charge is 0.469 e. The average molecular weight is 364 g/mol. The molecule has 0 bridgehead atoms. The zero-order valence-electron chi connectivity index (χ0n) is 14.6. The number of hydrogen-bond acceptors (Lipinski definition) is 5. The minimum Gasteiger partial charge on any atom is -0.469 e. The number of likely N-dealkylation sites (tertiary alicyclic amines) is 1. The highest BCUT2D eigenvalue weighted by Gasteiger charge is 2.33. The summed E-state index contributed by atoms with van der Waals surface area (Å²) in [7, 11) is 1.45. The lowest BCUT2D eigenvalue weighted by molar-refractivity contribution is -0.151. The summed E-state index contributed by atoms with van der Waals surface area (Å²) in [5.74, 6) is -0.0689. The number of ether oxygens (including phenoxy) is 1. The fourth-order valence-electron chi connectivity index (χ4n) is 3.17. The summed E-state index contributed by atoms with van der Waals surface area (Å²) in [6.45, 7) is 2.42. The topological polar surface area (TPSA) is 42.4 Å². The van der Waals surface area contributed by atoms with E-state index in [4.69, 9.17) is 4.74 Å². The molecule has 1 aliphatic heterocycles. The summed E-state index contributed by atoms with van der Waals surface area (Å²) in [6.07, 6.45) is 1.94. The van der Waals surface area contributed by atoms with Crippen LogP contribution in [0.3, 0.4) is 0 Å². The van der Waals surface area contributed by atoms with Crippen molar-refractivity contribution in [2.24, 2.45) is 5.92 Å². The van der Waals surface area contributed by atoms with Crippen LogP contribution >= 0.6 is 11.3 Å². The number of methoxy groups -OCH3 is 1. The second-order valence-electron chi connectivity index (χ2n) is 6.51. The van der Waals surface area contributed by atoms with Gasteiger partial charge in [-0.25, -0.2) is 4.98 Å². The molecule has 1 aromatic heterocycles. The molecular formula is C21H20N2O2S. The first-order chi connectivity index (χ1) is 12.7. The number of rotatable bonds is 5. The van der Waals surface area contributed by atoms with E-state index in [0.717, 1.165) is 30.2 Å². The minimum atomic E-state index is -0.102. The molecule has 1 fully saturated rings. The number of benzene rings is 2. The quantitative estimate of drug-likeness (QED) is 0.640. The first kappa shape index (κ1) is 16.9. The molecule has 1 aliphatic rings. The fraction of sp³-hybridized carbons (Fsp3) is 0.238. The van der Waals surface area contributed by atoms with Crippen LogP contribution in [-0.2, 0) is 16.1 Å². The lowest BCUT2D eigenvalue weighted by Gasteiger charge is -2.37. The van der Waals surface area contributed by atoms with Gasteiger partial charge >= 0.3 is 5.97 Å². The molecule has 4 rings (SSSR count). The maximum atomic E-state index is 11.4. The molecule has 132 valence electrons. The molecule has 4 nitrogen and oxygen atoms in total. The third kappa shape index (κ3) is 3.54. The zero-order valence-corrected chi connectivity index (χ0v) is 15.4. The Balaban J connectivity index is 1.39. The minimum absolute atomic E-state index is 0.0333. The monoisotopic (exact) mass is 364 g/mol. The van der Waals surface area contributed by atoms with Crippen molar-refractivity contribution in [2.75, 3.05) is 20.2 Å². The van der Waals surface area contributed by atoms with E-state index in [-0.39, 0.29) is 11.9 Å². The Morgan fingerprint density at radius 2 is 1.85 bits per heavy atom. The molecule has 0 saturated carbocycles. The number of carbonyl (C=O) groups excluding carboxylic acids is 1. The van der Waals surface area contributed by atoms with Crippen LogP contribution < -0.4 is 0 Å². The summed E-state index contributed by atoms with van der Waals surface area (Å²) >= 11 is 1.71. The third-order valence-corrected chi connectivity index (χ3v) is 5.76. The maximum absolute atomic E-state index is 11.4. The Morgan fingerprint density at radius 1 is 1.12 bits per heavy atom. The van der Waals surface area contributed by atoms with Gasteiger partial charge < -0.3 is 4.74 Å². The number of aromatic nitrogens is 1. The molecule has 3 aromatic rings. The second kappa shape index (κ2) is 7.40. The van der Waals surface area contributed by atoms with E-state index in [9.17, 15) is 4.79 Å². The normalized spacial score (nSPS) is 14.8. The molecule has 26 heavy (non-hydrogen) atoms. The first-order valence-electron chi connectivity index (χ1n) is 8.63. The van der Waals surface area contributed by atoms with Crippen LogP contribution in [0.2, 0.25) is 0 Å². The van der Waals surface area contributed by atoms with Gasteiger partial charge in [0.1, 0.15) is 5.01 Å². The molecule has 0 atom stereocenters. The van der Waals surface area contributed by atoms with Crippen molar-refractivity contribution < 1.29 is 9.53 Å². The second-order valence-corrected chi connectivity index (χ2v) is 7.54. The third-order valence-electron chi connectivity index (χ3n) is 4.66. The average Bonchev–Trinajstić information content (AvgIpc) is 3.15. The van der Waals surface area contributed by atoms with Crippen LogP contribution in [0.4, 0.5) is 0 Å². The summed E-state index contributed by atoms with van der Waals surface area (Å²) in [4.78, 5) is 19.5. The summed E-state index contributed by atoms with van der Waals surface area (Å²) in [6, 6.07) is 18.9. The van der Waals surface area contributed by atoms with Crippen molar-refractivity contribution in [3.8, 4) is 21.0 Å². The van der Waals surface area contributed by atoms with E-state index in [1.54, 1.807) is 11.3 Å². The Kier molecular flexibility index (Phi) is 4.82. The van der Waals surface area contributed by atoms with E-state index in [1.807, 2.05) is 24.4 Å². The Hall–Kier alpha value is -2.50. The van der Waals surface area contributed by atoms with Crippen molar-refractivity contribution >= 4 is 17.3 Å². The van der Waals surface area contributed by atoms with Gasteiger partial charge in [0.2, 0.25) is 0 Å². The molecular weight excluding hydrogens is 344 g/mol. The Bertz CT molecular complexity index is 884. The van der Waals surface area contributed by atoms with E-state index >= 15 is 0 Å². The number of thiazole rings is 1. The van der Waals surface area contributed by atoms with Gasteiger partial charge in [-0.05, 0) is 11.1 Å². The number of hydrogen-bond donors (Lipinski definition) is 0. The highest BCUT2D eigenvalue weighted by molar-refractivity contribution is 7.18. The highest BCUT2D eigenvalue weighted by atomic mass is 32.1. The number of esters is 1. The van der Waals surface area contributed by atoms with E-state index in [1.165, 1.54) is 23.1 Å². The van der Waals surface area contributed by atoms with Crippen molar-refractivity contribution in [1.29, 1.82) is 0 Å². The van der Waals surface area contributed by atoms with Crippen LogP contribution in [0.5, 0.6) is 0 Å². The van der Waals surface area contributed by atoms with Gasteiger partial charge in [0.25, 0.3) is 0 Å². The number of carbonyl (C=O) groups is 1. The van der Waals surface area contributed by atoms with Crippen LogP contribution in [0, 0.1) is 5.92 Å². The molecule has 0 radical (unpaired) electrons. The Labute approximate surface area is 157 Å². The molecule has 1 saturated heterocycles. The molecule has 0 N–H and O–H groups in total. The lowest BCUT2D eigenvalue weighted by atomic mass is 9.99. The predicted molar refractivity (Wildman–Crippen MR) is 104 cm³/mol. The van der Waals surface area contributed by atoms with Crippen molar-refractivity contribution in [3.05, 3.63) is 66.4 Å². The van der Waals surface area contributed by atoms with Gasteiger partial charge in [0, 0.05) is 31.4 Å². The molecule has 2 heterocycles. The van der Waals surface area contributed by atoms with Crippen LogP contribution in [-0.4, -0.2) is 36.1 Å². The first-order valence-corrected chi connectivity index (χ1v) is 9.45. The summed E-state index contributed by atoms with van der Waals surface area (Å²) < 4.78 is 4.78. The van der Waals surface area contributed by atoms with Crippen LogP contribution in [0.1, 0.15) is 5.56 Å². The number of nitrogens with zero attached hydrogens (tertiary/aromatic N) is 2. The fourth-order valence-corrected chi connectivity index (χ4v) is 4.10. The predicted octanol–water partition coefficient (Wildman–Crippen LogP) is 4.08. The lowest BCUT2D eigenvalue weighted by Crippen LogP contribution is -2.49. The van der Waals surface area contributed by atoms with Crippen molar-refractivity contribution in [1.82, 2.24) is 9.88 Å². The van der Waals surface area contributed by atoms with Crippen molar-refractivity contribution in [2.45, 2.75) is 6.54 Å². The van der Waals surface area contributed by atoms with Gasteiger partial charge in [-0.3, -0.25) is 9.69 Å². The van der Waals surface area contributed by atoms with E-state index < -0.39 is 0 Å². The zero-order chi connectivity index (χ0) is 17.9. The van der Waals surface area contributed by atoms with Gasteiger partial charge in [-0.2, -0.15) is 0 Å². The summed E-state index contributed by atoms with van der Waals surface area (Å²) in [5.41, 5.74) is 3.58. The standard InChI is InChI=1S/C21H20N2O2S/c1-25-21(24)18-13-23(14-18)12-15-7-9-17(10-8-15)20-22-11-19(26-20)16-5-3-2-4-6-16/h2-11,18H,12-14H2,1H3. The van der Waals surface area contributed by atoms with Gasteiger partial charge in [-0.15, -0.1) is 11.3 Å². The smallest absolute Gasteiger partial charge is 0.311 e. The molecule has 0 spiro atoms. The maximum Gasteiger partial charge on any atom is 0.311 e. The van der Waals surface area contributed by atoms with Gasteiger partial charge in [-0.1, -0.05) is 54.6 Å². The Morgan fingerprint density at radius 3 is 2.54 bits per heavy atom. The van der Waals surface area contributed by atoms with E-state index in [0.29, 0.717) is 0 Å².